The Hall–Kier alpha value is -1.08. The maximum Gasteiger partial charge on any atom is 0.139 e. The lowest BCUT2D eigenvalue weighted by atomic mass is 10.2. The molecule has 0 aromatic heterocycles. The minimum Gasteiger partial charge on any atom is -0.385 e. The largest absolute Gasteiger partial charge is 0.385 e. The van der Waals surface area contributed by atoms with Gasteiger partial charge in [0, 0.05) is 18.7 Å². The number of hydrogen-bond donors (Lipinski definition) is 1. The van der Waals surface area contributed by atoms with Crippen molar-refractivity contribution in [2.75, 3.05) is 11.9 Å². The van der Waals surface area contributed by atoms with E-state index in [1.165, 1.54) is 6.07 Å². The summed E-state index contributed by atoms with van der Waals surface area (Å²) < 4.78 is 13.7. The van der Waals surface area contributed by atoms with Gasteiger partial charge in [0.05, 0.1) is 10.5 Å². The molecule has 1 N–H and O–H groups in total. The summed E-state index contributed by atoms with van der Waals surface area (Å²) in [6.07, 6.45) is 2.38. The highest BCUT2D eigenvalue weighted by Crippen LogP contribution is 2.23. The van der Waals surface area contributed by atoms with Crippen molar-refractivity contribution in [2.24, 2.45) is 0 Å². The highest BCUT2D eigenvalue weighted by molar-refractivity contribution is 9.10. The van der Waals surface area contributed by atoms with E-state index in [2.05, 4.69) is 27.3 Å². The van der Waals surface area contributed by atoms with Gasteiger partial charge in [0.1, 0.15) is 5.82 Å². The first-order chi connectivity index (χ1) is 7.65. The molecule has 86 valence electrons. The first-order valence-corrected chi connectivity index (χ1v) is 6.01. The van der Waals surface area contributed by atoms with Crippen LogP contribution in [0.2, 0.25) is 0 Å². The first kappa shape index (κ1) is 13.0. The van der Waals surface area contributed by atoms with Gasteiger partial charge in [-0.2, -0.15) is 5.26 Å². The number of aryl methyl sites for hydroxylation is 1. The molecule has 1 aromatic carbocycles. The number of nitrogens with zero attached hydrogens (tertiary/aromatic N) is 1. The third kappa shape index (κ3) is 3.82. The summed E-state index contributed by atoms with van der Waals surface area (Å²) in [5, 5.41) is 11.5. The van der Waals surface area contributed by atoms with Crippen molar-refractivity contribution in [3.8, 4) is 6.07 Å². The highest BCUT2D eigenvalue weighted by atomic mass is 79.9. The summed E-state index contributed by atoms with van der Waals surface area (Å²) in [7, 11) is 0. The molecule has 16 heavy (non-hydrogen) atoms. The highest BCUT2D eigenvalue weighted by Gasteiger charge is 2.04. The van der Waals surface area contributed by atoms with Crippen LogP contribution in [0.1, 0.15) is 24.8 Å². The van der Waals surface area contributed by atoms with Crippen LogP contribution in [-0.4, -0.2) is 6.54 Å². The van der Waals surface area contributed by atoms with Gasteiger partial charge in [-0.3, -0.25) is 0 Å². The Morgan fingerprint density at radius 1 is 1.44 bits per heavy atom. The summed E-state index contributed by atoms with van der Waals surface area (Å²) >= 11 is 3.14. The van der Waals surface area contributed by atoms with Crippen molar-refractivity contribution in [1.82, 2.24) is 0 Å². The van der Waals surface area contributed by atoms with Crippen molar-refractivity contribution in [2.45, 2.75) is 26.2 Å². The molecule has 2 nitrogen and oxygen atoms in total. The molecule has 0 spiro atoms. The van der Waals surface area contributed by atoms with E-state index in [9.17, 15) is 4.39 Å². The zero-order valence-corrected chi connectivity index (χ0v) is 10.8. The van der Waals surface area contributed by atoms with E-state index in [0.717, 1.165) is 30.6 Å². The number of unbranched alkanes of at least 4 members (excludes halogenated alkanes) is 2. The fourth-order valence-electron chi connectivity index (χ4n) is 1.39. The summed E-state index contributed by atoms with van der Waals surface area (Å²) in [5.74, 6) is -0.259. The Labute approximate surface area is 104 Å². The number of nitrogens with one attached hydrogen (secondary N) is 1. The topological polar surface area (TPSA) is 35.8 Å². The number of halogens is 2. The zero-order chi connectivity index (χ0) is 12.0. The van der Waals surface area contributed by atoms with Gasteiger partial charge in [-0.05, 0) is 53.4 Å². The van der Waals surface area contributed by atoms with Crippen molar-refractivity contribution in [1.29, 1.82) is 5.26 Å². The van der Waals surface area contributed by atoms with Crippen molar-refractivity contribution in [3.63, 3.8) is 0 Å². The molecular weight excluding hydrogens is 271 g/mol. The molecule has 1 rings (SSSR count). The second-order valence-electron chi connectivity index (χ2n) is 3.62. The fourth-order valence-corrected chi connectivity index (χ4v) is 1.85. The Kier molecular flexibility index (Phi) is 5.27. The molecule has 0 aliphatic heterocycles. The second-order valence-corrected chi connectivity index (χ2v) is 4.48. The summed E-state index contributed by atoms with van der Waals surface area (Å²) in [5.41, 5.74) is 1.83. The minimum atomic E-state index is -0.259. The molecule has 0 radical (unpaired) electrons. The smallest absolute Gasteiger partial charge is 0.139 e. The quantitative estimate of drug-likeness (QED) is 0.830. The van der Waals surface area contributed by atoms with Crippen LogP contribution in [0.4, 0.5) is 10.1 Å². The van der Waals surface area contributed by atoms with E-state index in [0.29, 0.717) is 10.9 Å². The molecule has 4 heteroatoms. The molecule has 0 aliphatic carbocycles. The molecule has 0 unspecified atom stereocenters. The van der Waals surface area contributed by atoms with Crippen LogP contribution in [0.3, 0.4) is 0 Å². The minimum absolute atomic E-state index is 0.259. The third-order valence-corrected chi connectivity index (χ3v) is 2.91. The Bertz CT molecular complexity index is 399. The number of rotatable bonds is 5. The lowest BCUT2D eigenvalue weighted by Crippen LogP contribution is -2.03. The molecule has 0 saturated carbocycles. The van der Waals surface area contributed by atoms with Gasteiger partial charge in [0.2, 0.25) is 0 Å². The van der Waals surface area contributed by atoms with E-state index in [1.807, 2.05) is 6.92 Å². The monoisotopic (exact) mass is 284 g/mol. The van der Waals surface area contributed by atoms with Crippen LogP contribution in [0.25, 0.3) is 0 Å². The van der Waals surface area contributed by atoms with Crippen LogP contribution in [-0.2, 0) is 0 Å². The van der Waals surface area contributed by atoms with E-state index >= 15 is 0 Å². The van der Waals surface area contributed by atoms with Crippen molar-refractivity contribution in [3.05, 3.63) is 28.0 Å². The number of benzene rings is 1. The van der Waals surface area contributed by atoms with Gasteiger partial charge in [0.25, 0.3) is 0 Å². The van der Waals surface area contributed by atoms with Crippen molar-refractivity contribution < 1.29 is 4.39 Å². The zero-order valence-electron chi connectivity index (χ0n) is 9.19. The normalized spacial score (nSPS) is 9.88. The molecule has 0 heterocycles. The van der Waals surface area contributed by atoms with Crippen LogP contribution >= 0.6 is 15.9 Å². The number of anilines is 1. The molecule has 0 bridgehead atoms. The number of hydrogen-bond acceptors (Lipinski definition) is 2. The summed E-state index contributed by atoms with van der Waals surface area (Å²) in [6.45, 7) is 2.70. The molecule has 0 fully saturated rings. The summed E-state index contributed by atoms with van der Waals surface area (Å²) in [4.78, 5) is 0. The third-order valence-electron chi connectivity index (χ3n) is 2.30. The predicted molar refractivity (Wildman–Crippen MR) is 66.8 cm³/mol. The Balaban J connectivity index is 2.48. The Morgan fingerprint density at radius 3 is 2.88 bits per heavy atom. The molecule has 0 aliphatic rings. The maximum absolute atomic E-state index is 13.3. The lowest BCUT2D eigenvalue weighted by molar-refractivity contribution is 0.621. The lowest BCUT2D eigenvalue weighted by Gasteiger charge is -2.10. The van der Waals surface area contributed by atoms with Gasteiger partial charge in [-0.1, -0.05) is 0 Å². The fraction of sp³-hybridized carbons (Fsp3) is 0.417. The van der Waals surface area contributed by atoms with E-state index < -0.39 is 0 Å². The van der Waals surface area contributed by atoms with Gasteiger partial charge >= 0.3 is 0 Å². The predicted octanol–water partition coefficient (Wildman–Crippen LogP) is 4.00. The van der Waals surface area contributed by atoms with E-state index in [4.69, 9.17) is 5.26 Å². The van der Waals surface area contributed by atoms with Crippen LogP contribution in [0.15, 0.2) is 16.6 Å². The Morgan fingerprint density at radius 2 is 2.19 bits per heavy atom. The van der Waals surface area contributed by atoms with Gasteiger partial charge < -0.3 is 5.32 Å². The van der Waals surface area contributed by atoms with E-state index in [1.54, 1.807) is 6.07 Å². The second kappa shape index (κ2) is 6.49. The average Bonchev–Trinajstić information content (AvgIpc) is 2.25. The molecule has 0 atom stereocenters. The van der Waals surface area contributed by atoms with Gasteiger partial charge in [-0.15, -0.1) is 0 Å². The molecule has 0 saturated heterocycles. The van der Waals surface area contributed by atoms with Gasteiger partial charge in [-0.25, -0.2) is 4.39 Å². The van der Waals surface area contributed by atoms with Gasteiger partial charge in [0.15, 0.2) is 0 Å². The molecule has 0 amide bonds. The molecule has 1 aromatic rings. The summed E-state index contributed by atoms with van der Waals surface area (Å²) in [6, 6.07) is 5.35. The standard InChI is InChI=1S/C12H14BrFN2/c1-9-7-10(13)11(14)8-12(9)16-6-4-2-3-5-15/h7-8,16H,2-4,6H2,1H3. The maximum atomic E-state index is 13.3. The van der Waals surface area contributed by atoms with Crippen LogP contribution in [0, 0.1) is 24.1 Å². The van der Waals surface area contributed by atoms with Crippen molar-refractivity contribution >= 4 is 21.6 Å². The average molecular weight is 285 g/mol. The van der Waals surface area contributed by atoms with Crippen LogP contribution in [0.5, 0.6) is 0 Å². The first-order valence-electron chi connectivity index (χ1n) is 5.21. The van der Waals surface area contributed by atoms with Crippen LogP contribution < -0.4 is 5.32 Å². The number of nitriles is 1. The molecular formula is C12H14BrFN2. The van der Waals surface area contributed by atoms with E-state index in [-0.39, 0.29) is 5.82 Å². The SMILES string of the molecule is Cc1cc(Br)c(F)cc1NCCCCC#N.